The van der Waals surface area contributed by atoms with Gasteiger partial charge in [0.1, 0.15) is 0 Å². The van der Waals surface area contributed by atoms with Crippen LogP contribution in [0.25, 0.3) is 0 Å². The Morgan fingerprint density at radius 3 is 2.74 bits per heavy atom. The fraction of sp³-hybridized carbons (Fsp3) is 0.333. The summed E-state index contributed by atoms with van der Waals surface area (Å²) < 4.78 is 6.43. The van der Waals surface area contributed by atoms with Crippen LogP contribution in [0.2, 0.25) is 0 Å². The number of esters is 1. The number of benzene rings is 1. The molecule has 0 radical (unpaired) electrons. The van der Waals surface area contributed by atoms with Crippen molar-refractivity contribution in [2.45, 2.75) is 11.1 Å². The summed E-state index contributed by atoms with van der Waals surface area (Å²) in [4.78, 5) is 11.9. The van der Waals surface area contributed by atoms with Crippen molar-refractivity contribution in [2.75, 3.05) is 12.9 Å². The smallest absolute Gasteiger partial charge is 0.313 e. The molecule has 2 aromatic rings. The minimum absolute atomic E-state index is 0.256. The van der Waals surface area contributed by atoms with Crippen molar-refractivity contribution < 1.29 is 9.53 Å². The van der Waals surface area contributed by atoms with Gasteiger partial charge >= 0.3 is 5.97 Å². The number of hydrogen-bond acceptors (Lipinski definition) is 6. The third-order valence-electron chi connectivity index (χ3n) is 2.65. The van der Waals surface area contributed by atoms with Gasteiger partial charge in [-0.1, -0.05) is 42.1 Å². The van der Waals surface area contributed by atoms with E-state index in [2.05, 4.69) is 15.5 Å². The lowest BCUT2D eigenvalue weighted by atomic mass is 10.0. The van der Waals surface area contributed by atoms with E-state index >= 15 is 0 Å². The molecule has 7 heteroatoms. The van der Waals surface area contributed by atoms with Gasteiger partial charge in [-0.3, -0.25) is 4.79 Å². The summed E-state index contributed by atoms with van der Waals surface area (Å²) in [5, 5.41) is 11.9. The third kappa shape index (κ3) is 3.31. The van der Waals surface area contributed by atoms with Gasteiger partial charge in [0.25, 0.3) is 0 Å². The third-order valence-corrected chi connectivity index (χ3v) is 3.75. The lowest BCUT2D eigenvalue weighted by molar-refractivity contribution is -0.141. The van der Waals surface area contributed by atoms with Gasteiger partial charge in [0.05, 0.1) is 13.0 Å². The van der Waals surface area contributed by atoms with Crippen LogP contribution in [-0.2, 0) is 16.6 Å². The van der Waals surface area contributed by atoms with Crippen LogP contribution >= 0.6 is 11.8 Å². The Balaban J connectivity index is 2.11. The molecule has 1 unspecified atom stereocenters. The van der Waals surface area contributed by atoms with E-state index < -0.39 is 0 Å². The Morgan fingerprint density at radius 2 is 2.16 bits per heavy atom. The maximum atomic E-state index is 11.9. The summed E-state index contributed by atoms with van der Waals surface area (Å²) in [5.74, 6) is -0.0491. The van der Waals surface area contributed by atoms with Crippen molar-refractivity contribution >= 4 is 17.7 Å². The van der Waals surface area contributed by atoms with Gasteiger partial charge < -0.3 is 4.74 Å². The normalized spacial score (nSPS) is 12.1. The molecule has 2 rings (SSSR count). The lowest BCUT2D eigenvalue weighted by Crippen LogP contribution is -2.17. The summed E-state index contributed by atoms with van der Waals surface area (Å²) in [6.45, 7) is 0. The fourth-order valence-electron chi connectivity index (χ4n) is 1.63. The van der Waals surface area contributed by atoms with Crippen LogP contribution < -0.4 is 0 Å². The summed E-state index contributed by atoms with van der Waals surface area (Å²) >= 11 is 1.43. The molecule has 0 saturated heterocycles. The average molecular weight is 278 g/mol. The van der Waals surface area contributed by atoms with E-state index in [1.54, 1.807) is 11.7 Å². The molecule has 1 atom stereocenters. The number of carbonyl (C=O) groups excluding carboxylic acids is 1. The quantitative estimate of drug-likeness (QED) is 0.606. The van der Waals surface area contributed by atoms with E-state index in [-0.39, 0.29) is 11.9 Å². The number of tetrazole rings is 1. The lowest BCUT2D eigenvalue weighted by Gasteiger charge is -2.13. The molecule has 0 aliphatic heterocycles. The molecule has 0 amide bonds. The number of aromatic nitrogens is 4. The molecule has 1 aromatic carbocycles. The van der Waals surface area contributed by atoms with Gasteiger partial charge in [-0.25, -0.2) is 4.68 Å². The minimum atomic E-state index is -0.326. The first-order valence-corrected chi connectivity index (χ1v) is 6.69. The topological polar surface area (TPSA) is 69.9 Å². The van der Waals surface area contributed by atoms with Gasteiger partial charge in [-0.2, -0.15) is 0 Å². The molecule has 6 nitrogen and oxygen atoms in total. The predicted octanol–water partition coefficient (Wildman–Crippen LogP) is 1.26. The number of thioether (sulfide) groups is 1. The van der Waals surface area contributed by atoms with Crippen LogP contribution in [0.3, 0.4) is 0 Å². The van der Waals surface area contributed by atoms with E-state index in [4.69, 9.17) is 4.74 Å². The highest BCUT2D eigenvalue weighted by Crippen LogP contribution is 2.25. The SMILES string of the molecule is COC(=O)C(CSc1nnnn1C)c1ccccc1. The number of hydrogen-bond donors (Lipinski definition) is 0. The molecule has 0 spiro atoms. The number of methoxy groups -OCH3 is 1. The summed E-state index contributed by atoms with van der Waals surface area (Å²) in [5.41, 5.74) is 0.928. The van der Waals surface area contributed by atoms with Crippen molar-refractivity contribution in [3.63, 3.8) is 0 Å². The van der Waals surface area contributed by atoms with Crippen molar-refractivity contribution in [3.8, 4) is 0 Å². The average Bonchev–Trinajstić information content (AvgIpc) is 2.85. The number of rotatable bonds is 5. The van der Waals surface area contributed by atoms with Crippen LogP contribution in [0.4, 0.5) is 0 Å². The molecule has 0 bridgehead atoms. The van der Waals surface area contributed by atoms with Crippen LogP contribution in [-0.4, -0.2) is 39.0 Å². The monoisotopic (exact) mass is 278 g/mol. The first-order valence-electron chi connectivity index (χ1n) is 5.70. The molecule has 1 aromatic heterocycles. The summed E-state index contributed by atoms with van der Waals surface area (Å²) in [6.07, 6.45) is 0. The molecule has 0 aliphatic rings. The standard InChI is InChI=1S/C12H14N4O2S/c1-16-12(13-14-15-16)19-8-10(11(17)18-2)9-6-4-3-5-7-9/h3-7,10H,8H2,1-2H3. The van der Waals surface area contributed by atoms with Crippen LogP contribution in [0, 0.1) is 0 Å². The first-order chi connectivity index (χ1) is 9.22. The van der Waals surface area contributed by atoms with E-state index in [9.17, 15) is 4.79 Å². The van der Waals surface area contributed by atoms with Crippen molar-refractivity contribution in [2.24, 2.45) is 7.05 Å². The molecule has 0 N–H and O–H groups in total. The largest absolute Gasteiger partial charge is 0.469 e. The predicted molar refractivity (Wildman–Crippen MR) is 70.7 cm³/mol. The highest BCUT2D eigenvalue weighted by atomic mass is 32.2. The van der Waals surface area contributed by atoms with E-state index in [1.165, 1.54) is 18.9 Å². The Kier molecular flexibility index (Phi) is 4.51. The molecular formula is C12H14N4O2S. The summed E-state index contributed by atoms with van der Waals surface area (Å²) in [6, 6.07) is 9.55. The maximum Gasteiger partial charge on any atom is 0.313 e. The number of nitrogens with zero attached hydrogens (tertiary/aromatic N) is 4. The zero-order valence-electron chi connectivity index (χ0n) is 10.7. The van der Waals surface area contributed by atoms with Gasteiger partial charge in [0.2, 0.25) is 5.16 Å². The van der Waals surface area contributed by atoms with Gasteiger partial charge in [0.15, 0.2) is 0 Å². The first kappa shape index (κ1) is 13.5. The Hall–Kier alpha value is -1.89. The minimum Gasteiger partial charge on any atom is -0.469 e. The Bertz CT molecular complexity index is 544. The zero-order chi connectivity index (χ0) is 13.7. The van der Waals surface area contributed by atoms with E-state index in [1.807, 2.05) is 30.3 Å². The molecule has 1 heterocycles. The van der Waals surface area contributed by atoms with Gasteiger partial charge in [-0.15, -0.1) is 5.10 Å². The highest BCUT2D eigenvalue weighted by Gasteiger charge is 2.22. The second-order valence-electron chi connectivity index (χ2n) is 3.88. The maximum absolute atomic E-state index is 11.9. The van der Waals surface area contributed by atoms with Crippen LogP contribution in [0.15, 0.2) is 35.5 Å². The second-order valence-corrected chi connectivity index (χ2v) is 4.87. The van der Waals surface area contributed by atoms with Crippen molar-refractivity contribution in [3.05, 3.63) is 35.9 Å². The van der Waals surface area contributed by atoms with Crippen molar-refractivity contribution in [1.29, 1.82) is 0 Å². The Labute approximate surface area is 115 Å². The van der Waals surface area contributed by atoms with Crippen LogP contribution in [0.5, 0.6) is 0 Å². The molecule has 19 heavy (non-hydrogen) atoms. The van der Waals surface area contributed by atoms with Gasteiger partial charge in [0, 0.05) is 12.8 Å². The number of carbonyl (C=O) groups is 1. The zero-order valence-corrected chi connectivity index (χ0v) is 11.5. The van der Waals surface area contributed by atoms with E-state index in [0.717, 1.165) is 5.56 Å². The number of ether oxygens (including phenoxy) is 1. The molecular weight excluding hydrogens is 264 g/mol. The second kappa shape index (κ2) is 6.33. The fourth-order valence-corrected chi connectivity index (χ4v) is 2.59. The molecule has 0 saturated carbocycles. The number of aryl methyl sites for hydroxylation is 1. The van der Waals surface area contributed by atoms with E-state index in [0.29, 0.717) is 10.9 Å². The summed E-state index contributed by atoms with van der Waals surface area (Å²) in [7, 11) is 3.16. The highest BCUT2D eigenvalue weighted by molar-refractivity contribution is 7.99. The van der Waals surface area contributed by atoms with Gasteiger partial charge in [-0.05, 0) is 16.0 Å². The molecule has 100 valence electrons. The molecule has 0 fully saturated rings. The van der Waals surface area contributed by atoms with Crippen LogP contribution in [0.1, 0.15) is 11.5 Å². The van der Waals surface area contributed by atoms with Crippen molar-refractivity contribution in [1.82, 2.24) is 20.2 Å². The molecule has 0 aliphatic carbocycles. The Morgan fingerprint density at radius 1 is 1.42 bits per heavy atom.